The number of alkyl halides is 1. The molecule has 1 heterocycles. The predicted octanol–water partition coefficient (Wildman–Crippen LogP) is 2.78. The molecule has 5 heteroatoms. The van der Waals surface area contributed by atoms with E-state index in [0.29, 0.717) is 17.3 Å². The van der Waals surface area contributed by atoms with Gasteiger partial charge in [-0.2, -0.15) is 4.31 Å². The third kappa shape index (κ3) is 2.71. The van der Waals surface area contributed by atoms with E-state index in [9.17, 15) is 8.42 Å². The molecule has 3 nitrogen and oxygen atoms in total. The summed E-state index contributed by atoms with van der Waals surface area (Å²) in [5.41, 5.74) is 0.954. The van der Waals surface area contributed by atoms with Gasteiger partial charge in [-0.1, -0.05) is 18.6 Å². The van der Waals surface area contributed by atoms with E-state index in [4.69, 9.17) is 11.6 Å². The second-order valence-electron chi connectivity index (χ2n) is 4.74. The lowest BCUT2D eigenvalue weighted by molar-refractivity contribution is 0.271. The summed E-state index contributed by atoms with van der Waals surface area (Å²) >= 11 is 5.89. The summed E-state index contributed by atoms with van der Waals surface area (Å²) < 4.78 is 26.7. The number of hydrogen-bond acceptors (Lipinski definition) is 2. The van der Waals surface area contributed by atoms with E-state index in [1.807, 2.05) is 13.0 Å². The highest BCUT2D eigenvalue weighted by atomic mass is 35.5. The van der Waals surface area contributed by atoms with Crippen LogP contribution in [0.25, 0.3) is 0 Å². The largest absolute Gasteiger partial charge is 0.243 e. The molecular formula is C13H18ClNO2S. The van der Waals surface area contributed by atoms with Gasteiger partial charge >= 0.3 is 0 Å². The molecule has 0 aliphatic carbocycles. The summed E-state index contributed by atoms with van der Waals surface area (Å²) in [6.45, 7) is 2.47. The van der Waals surface area contributed by atoms with E-state index >= 15 is 0 Å². The third-order valence-corrected chi connectivity index (χ3v) is 5.65. The van der Waals surface area contributed by atoms with Crippen molar-refractivity contribution in [3.63, 3.8) is 0 Å². The van der Waals surface area contributed by atoms with Crippen LogP contribution in [0.5, 0.6) is 0 Å². The van der Waals surface area contributed by atoms with E-state index < -0.39 is 10.0 Å². The molecule has 1 fully saturated rings. The second kappa shape index (κ2) is 5.59. The zero-order valence-corrected chi connectivity index (χ0v) is 12.0. The lowest BCUT2D eigenvalue weighted by Crippen LogP contribution is -2.44. The predicted molar refractivity (Wildman–Crippen MR) is 73.4 cm³/mol. The average molecular weight is 288 g/mol. The standard InChI is InChI=1S/C13H18ClNO2S/c1-11-5-4-7-13(9-11)18(16,17)15-8-3-2-6-12(15)10-14/h4-5,7,9,12H,2-3,6,8,10H2,1H3. The van der Waals surface area contributed by atoms with Crippen LogP contribution >= 0.6 is 11.6 Å². The maximum absolute atomic E-state index is 12.6. The molecule has 0 amide bonds. The molecule has 1 aromatic carbocycles. The molecular weight excluding hydrogens is 270 g/mol. The van der Waals surface area contributed by atoms with Gasteiger partial charge in [0.1, 0.15) is 0 Å². The molecule has 0 spiro atoms. The maximum atomic E-state index is 12.6. The molecule has 2 rings (SSSR count). The van der Waals surface area contributed by atoms with Crippen molar-refractivity contribution in [3.8, 4) is 0 Å². The van der Waals surface area contributed by atoms with Gasteiger partial charge in [-0.3, -0.25) is 0 Å². The number of benzene rings is 1. The molecule has 1 aliphatic heterocycles. The number of aryl methyl sites for hydroxylation is 1. The first-order valence-corrected chi connectivity index (χ1v) is 8.17. The minimum absolute atomic E-state index is 0.0640. The quantitative estimate of drug-likeness (QED) is 0.802. The van der Waals surface area contributed by atoms with Gasteiger partial charge < -0.3 is 0 Å². The molecule has 1 aliphatic rings. The fourth-order valence-electron chi connectivity index (χ4n) is 2.36. The Hall–Kier alpha value is -0.580. The fourth-order valence-corrected chi connectivity index (χ4v) is 4.56. The summed E-state index contributed by atoms with van der Waals surface area (Å²) in [4.78, 5) is 0.375. The molecule has 1 aromatic rings. The van der Waals surface area contributed by atoms with Crippen molar-refractivity contribution < 1.29 is 8.42 Å². The van der Waals surface area contributed by atoms with E-state index in [1.165, 1.54) is 0 Å². The van der Waals surface area contributed by atoms with E-state index in [1.54, 1.807) is 22.5 Å². The number of piperidine rings is 1. The number of rotatable bonds is 3. The van der Waals surface area contributed by atoms with Crippen molar-refractivity contribution in [1.29, 1.82) is 0 Å². The van der Waals surface area contributed by atoms with Gasteiger partial charge in [0.2, 0.25) is 10.0 Å². The van der Waals surface area contributed by atoms with Gasteiger partial charge in [-0.15, -0.1) is 11.6 Å². The van der Waals surface area contributed by atoms with Crippen LogP contribution in [0.4, 0.5) is 0 Å². The number of sulfonamides is 1. The minimum atomic E-state index is -3.40. The Morgan fingerprint density at radius 2 is 2.17 bits per heavy atom. The van der Waals surface area contributed by atoms with Crippen molar-refractivity contribution in [2.24, 2.45) is 0 Å². The fraction of sp³-hybridized carbons (Fsp3) is 0.538. The Morgan fingerprint density at radius 3 is 2.83 bits per heavy atom. The van der Waals surface area contributed by atoms with Gasteiger partial charge in [-0.25, -0.2) is 8.42 Å². The van der Waals surface area contributed by atoms with Crippen molar-refractivity contribution in [2.75, 3.05) is 12.4 Å². The highest BCUT2D eigenvalue weighted by Crippen LogP contribution is 2.26. The first-order valence-electron chi connectivity index (χ1n) is 6.20. The molecule has 18 heavy (non-hydrogen) atoms. The van der Waals surface area contributed by atoms with Crippen LogP contribution in [0.15, 0.2) is 29.2 Å². The van der Waals surface area contributed by atoms with Crippen LogP contribution in [0.1, 0.15) is 24.8 Å². The van der Waals surface area contributed by atoms with E-state index in [0.717, 1.165) is 24.8 Å². The highest BCUT2D eigenvalue weighted by Gasteiger charge is 2.32. The summed E-state index contributed by atoms with van der Waals surface area (Å²) in [6, 6.07) is 6.99. The maximum Gasteiger partial charge on any atom is 0.243 e. The second-order valence-corrected chi connectivity index (χ2v) is 6.94. The van der Waals surface area contributed by atoms with Crippen LogP contribution in [0, 0.1) is 6.92 Å². The molecule has 0 aromatic heterocycles. The first-order chi connectivity index (χ1) is 8.55. The zero-order valence-electron chi connectivity index (χ0n) is 10.5. The van der Waals surface area contributed by atoms with E-state index in [-0.39, 0.29) is 6.04 Å². The summed E-state index contributed by atoms with van der Waals surface area (Å²) in [6.07, 6.45) is 2.82. The van der Waals surface area contributed by atoms with Gasteiger partial charge in [0.15, 0.2) is 0 Å². The Kier molecular flexibility index (Phi) is 4.30. The zero-order chi connectivity index (χ0) is 13.2. The van der Waals surface area contributed by atoms with Gasteiger partial charge in [0.25, 0.3) is 0 Å². The summed E-state index contributed by atoms with van der Waals surface area (Å²) in [5, 5.41) is 0. The van der Waals surface area contributed by atoms with Crippen LogP contribution in [0.3, 0.4) is 0 Å². The van der Waals surface area contributed by atoms with Gasteiger partial charge in [0, 0.05) is 18.5 Å². The van der Waals surface area contributed by atoms with Crippen molar-refractivity contribution >= 4 is 21.6 Å². The Labute approximate surface area is 114 Å². The SMILES string of the molecule is Cc1cccc(S(=O)(=O)N2CCCCC2CCl)c1. The normalized spacial score (nSPS) is 22.0. The summed E-state index contributed by atoms with van der Waals surface area (Å²) in [7, 11) is -3.40. The van der Waals surface area contributed by atoms with Crippen LogP contribution in [-0.4, -0.2) is 31.2 Å². The van der Waals surface area contributed by atoms with Crippen LogP contribution in [-0.2, 0) is 10.0 Å². The smallest absolute Gasteiger partial charge is 0.207 e. The number of halogens is 1. The molecule has 1 atom stereocenters. The molecule has 0 bridgehead atoms. The molecule has 1 saturated heterocycles. The van der Waals surface area contributed by atoms with Crippen molar-refractivity contribution in [1.82, 2.24) is 4.31 Å². The van der Waals surface area contributed by atoms with E-state index in [2.05, 4.69) is 0 Å². The first kappa shape index (κ1) is 13.8. The van der Waals surface area contributed by atoms with Crippen LogP contribution in [0.2, 0.25) is 0 Å². The van der Waals surface area contributed by atoms with Gasteiger partial charge in [-0.05, 0) is 37.5 Å². The molecule has 1 unspecified atom stereocenters. The molecule has 0 N–H and O–H groups in total. The van der Waals surface area contributed by atoms with Gasteiger partial charge in [0.05, 0.1) is 4.90 Å². The molecule has 0 saturated carbocycles. The van der Waals surface area contributed by atoms with Crippen molar-refractivity contribution in [3.05, 3.63) is 29.8 Å². The highest BCUT2D eigenvalue weighted by molar-refractivity contribution is 7.89. The lowest BCUT2D eigenvalue weighted by Gasteiger charge is -2.33. The number of hydrogen-bond donors (Lipinski definition) is 0. The average Bonchev–Trinajstić information content (AvgIpc) is 2.38. The molecule has 100 valence electrons. The third-order valence-electron chi connectivity index (χ3n) is 3.35. The minimum Gasteiger partial charge on any atom is -0.207 e. The Balaban J connectivity index is 2.35. The molecule has 0 radical (unpaired) electrons. The Morgan fingerprint density at radius 1 is 1.39 bits per heavy atom. The number of nitrogens with zero attached hydrogens (tertiary/aromatic N) is 1. The topological polar surface area (TPSA) is 37.4 Å². The summed E-state index contributed by atoms with van der Waals surface area (Å²) in [5.74, 6) is 0.366. The van der Waals surface area contributed by atoms with Crippen molar-refractivity contribution in [2.45, 2.75) is 37.1 Å². The van der Waals surface area contributed by atoms with Crippen LogP contribution < -0.4 is 0 Å². The Bertz CT molecular complexity index is 515. The lowest BCUT2D eigenvalue weighted by atomic mass is 10.1. The monoisotopic (exact) mass is 287 g/mol.